The second-order valence-corrected chi connectivity index (χ2v) is 5.98. The number of nitrogens with one attached hydrogen (secondary N) is 1. The molecular formula is C21H17FN4. The summed E-state index contributed by atoms with van der Waals surface area (Å²) in [6.45, 7) is 2.00. The van der Waals surface area contributed by atoms with Gasteiger partial charge in [0, 0.05) is 29.0 Å². The van der Waals surface area contributed by atoms with Gasteiger partial charge in [0.2, 0.25) is 0 Å². The van der Waals surface area contributed by atoms with Gasteiger partial charge in [-0.2, -0.15) is 0 Å². The fraction of sp³-hybridized carbons (Fsp3) is 0.0952. The van der Waals surface area contributed by atoms with Crippen molar-refractivity contribution in [3.63, 3.8) is 0 Å². The van der Waals surface area contributed by atoms with E-state index in [1.807, 2.05) is 49.4 Å². The van der Waals surface area contributed by atoms with Crippen LogP contribution < -0.4 is 5.32 Å². The molecule has 4 rings (SSSR count). The molecule has 2 aromatic carbocycles. The molecule has 0 atom stereocenters. The van der Waals surface area contributed by atoms with Crippen molar-refractivity contribution in [3.8, 4) is 11.4 Å². The molecule has 0 amide bonds. The predicted octanol–water partition coefficient (Wildman–Crippen LogP) is 5.14. The second-order valence-electron chi connectivity index (χ2n) is 5.98. The van der Waals surface area contributed by atoms with Crippen molar-refractivity contribution in [3.05, 3.63) is 78.4 Å². The van der Waals surface area contributed by atoms with Gasteiger partial charge in [-0.3, -0.25) is 4.98 Å². The standard InChI is InChI=1S/C21H17FN4/c1-2-14-11-16(22)13-17(12-14)24-21-18-5-3-4-6-19(18)25-20(26-21)15-7-9-23-10-8-15/h3-13H,2H2,1H3,(H,24,25,26). The molecule has 5 heteroatoms. The first-order valence-electron chi connectivity index (χ1n) is 8.46. The van der Waals surface area contributed by atoms with Crippen LogP contribution in [0.3, 0.4) is 0 Å². The van der Waals surface area contributed by atoms with E-state index in [1.54, 1.807) is 18.5 Å². The van der Waals surface area contributed by atoms with E-state index in [0.29, 0.717) is 17.3 Å². The van der Waals surface area contributed by atoms with E-state index in [-0.39, 0.29) is 5.82 Å². The van der Waals surface area contributed by atoms with E-state index < -0.39 is 0 Å². The topological polar surface area (TPSA) is 50.7 Å². The lowest BCUT2D eigenvalue weighted by atomic mass is 10.1. The summed E-state index contributed by atoms with van der Waals surface area (Å²) in [5, 5.41) is 4.15. The van der Waals surface area contributed by atoms with Crippen molar-refractivity contribution in [2.24, 2.45) is 0 Å². The Labute approximate surface area is 150 Å². The van der Waals surface area contributed by atoms with Crippen molar-refractivity contribution < 1.29 is 4.39 Å². The number of rotatable bonds is 4. The largest absolute Gasteiger partial charge is 0.340 e. The number of pyridine rings is 1. The number of fused-ring (bicyclic) bond motifs is 1. The number of hydrogen-bond acceptors (Lipinski definition) is 4. The van der Waals surface area contributed by atoms with Crippen LogP contribution in [0.25, 0.3) is 22.3 Å². The maximum absolute atomic E-state index is 13.9. The third-order valence-electron chi connectivity index (χ3n) is 4.17. The smallest absolute Gasteiger partial charge is 0.162 e. The molecule has 128 valence electrons. The highest BCUT2D eigenvalue weighted by Crippen LogP contribution is 2.27. The normalized spacial score (nSPS) is 10.8. The monoisotopic (exact) mass is 344 g/mol. The van der Waals surface area contributed by atoms with Crippen molar-refractivity contribution in [2.75, 3.05) is 5.32 Å². The van der Waals surface area contributed by atoms with Gasteiger partial charge in [-0.1, -0.05) is 19.1 Å². The van der Waals surface area contributed by atoms with Gasteiger partial charge < -0.3 is 5.32 Å². The molecule has 0 unspecified atom stereocenters. The molecule has 4 aromatic rings. The van der Waals surface area contributed by atoms with E-state index in [1.165, 1.54) is 6.07 Å². The minimum atomic E-state index is -0.264. The van der Waals surface area contributed by atoms with Crippen LogP contribution in [0.4, 0.5) is 15.9 Å². The Bertz CT molecular complexity index is 1060. The summed E-state index contributed by atoms with van der Waals surface area (Å²) in [6.07, 6.45) is 4.18. The summed E-state index contributed by atoms with van der Waals surface area (Å²) in [5.74, 6) is 0.982. The van der Waals surface area contributed by atoms with Crippen LogP contribution >= 0.6 is 0 Å². The maximum atomic E-state index is 13.9. The zero-order chi connectivity index (χ0) is 17.9. The first kappa shape index (κ1) is 16.1. The Morgan fingerprint density at radius 2 is 1.77 bits per heavy atom. The highest BCUT2D eigenvalue weighted by atomic mass is 19.1. The van der Waals surface area contributed by atoms with Gasteiger partial charge in [-0.25, -0.2) is 14.4 Å². The fourth-order valence-electron chi connectivity index (χ4n) is 2.87. The van der Waals surface area contributed by atoms with E-state index >= 15 is 0 Å². The van der Waals surface area contributed by atoms with Gasteiger partial charge in [0.25, 0.3) is 0 Å². The maximum Gasteiger partial charge on any atom is 0.162 e. The number of benzene rings is 2. The number of hydrogen-bond donors (Lipinski definition) is 1. The number of halogens is 1. The summed E-state index contributed by atoms with van der Waals surface area (Å²) in [4.78, 5) is 13.4. The summed E-state index contributed by atoms with van der Waals surface area (Å²) in [5.41, 5.74) is 3.30. The lowest BCUT2D eigenvalue weighted by Gasteiger charge is -2.12. The molecule has 0 radical (unpaired) electrons. The zero-order valence-corrected chi connectivity index (χ0v) is 14.3. The van der Waals surface area contributed by atoms with Crippen LogP contribution in [0.5, 0.6) is 0 Å². The molecule has 0 saturated carbocycles. The van der Waals surface area contributed by atoms with Gasteiger partial charge >= 0.3 is 0 Å². The van der Waals surface area contributed by atoms with E-state index in [9.17, 15) is 4.39 Å². The number of nitrogens with zero attached hydrogens (tertiary/aromatic N) is 3. The third-order valence-corrected chi connectivity index (χ3v) is 4.17. The van der Waals surface area contributed by atoms with E-state index in [2.05, 4.69) is 20.3 Å². The van der Waals surface area contributed by atoms with Crippen LogP contribution in [-0.2, 0) is 6.42 Å². The van der Waals surface area contributed by atoms with Crippen LogP contribution in [0.15, 0.2) is 67.0 Å². The van der Waals surface area contributed by atoms with Gasteiger partial charge in [0.1, 0.15) is 11.6 Å². The molecule has 0 spiro atoms. The molecule has 26 heavy (non-hydrogen) atoms. The molecule has 1 N–H and O–H groups in total. The third kappa shape index (κ3) is 3.24. The number of aryl methyl sites for hydroxylation is 1. The molecule has 0 bridgehead atoms. The van der Waals surface area contributed by atoms with Crippen molar-refractivity contribution >= 4 is 22.4 Å². The highest BCUT2D eigenvalue weighted by molar-refractivity contribution is 5.92. The predicted molar refractivity (Wildman–Crippen MR) is 102 cm³/mol. The number of para-hydroxylation sites is 1. The van der Waals surface area contributed by atoms with Gasteiger partial charge in [-0.15, -0.1) is 0 Å². The SMILES string of the molecule is CCc1cc(F)cc(Nc2nc(-c3ccncc3)nc3ccccc23)c1. The van der Waals surface area contributed by atoms with E-state index in [4.69, 9.17) is 0 Å². The van der Waals surface area contributed by atoms with Gasteiger partial charge in [-0.05, 0) is 54.4 Å². The lowest BCUT2D eigenvalue weighted by molar-refractivity contribution is 0.626. The van der Waals surface area contributed by atoms with Crippen LogP contribution in [0, 0.1) is 5.82 Å². The van der Waals surface area contributed by atoms with Gasteiger partial charge in [0.15, 0.2) is 5.82 Å². The summed E-state index contributed by atoms with van der Waals surface area (Å²) < 4.78 is 13.9. The molecule has 2 heterocycles. The Morgan fingerprint density at radius 1 is 0.962 bits per heavy atom. The van der Waals surface area contributed by atoms with Crippen LogP contribution in [0.2, 0.25) is 0 Å². The van der Waals surface area contributed by atoms with Crippen molar-refractivity contribution in [2.45, 2.75) is 13.3 Å². The molecule has 0 aliphatic heterocycles. The quantitative estimate of drug-likeness (QED) is 0.557. The van der Waals surface area contributed by atoms with Crippen LogP contribution in [0.1, 0.15) is 12.5 Å². The van der Waals surface area contributed by atoms with Crippen molar-refractivity contribution in [1.29, 1.82) is 0 Å². The second kappa shape index (κ2) is 6.88. The first-order chi connectivity index (χ1) is 12.7. The Hall–Kier alpha value is -3.34. The molecular weight excluding hydrogens is 327 g/mol. The molecule has 0 aliphatic rings. The van der Waals surface area contributed by atoms with Gasteiger partial charge in [0.05, 0.1) is 5.52 Å². The van der Waals surface area contributed by atoms with Crippen LogP contribution in [-0.4, -0.2) is 15.0 Å². The first-order valence-corrected chi connectivity index (χ1v) is 8.46. The summed E-state index contributed by atoms with van der Waals surface area (Å²) in [7, 11) is 0. The number of anilines is 2. The Kier molecular flexibility index (Phi) is 4.27. The molecule has 2 aromatic heterocycles. The number of aromatic nitrogens is 3. The lowest BCUT2D eigenvalue weighted by Crippen LogP contribution is -2.00. The Morgan fingerprint density at radius 3 is 2.58 bits per heavy atom. The summed E-state index contributed by atoms with van der Waals surface area (Å²) in [6, 6.07) is 16.5. The minimum Gasteiger partial charge on any atom is -0.340 e. The van der Waals surface area contributed by atoms with Crippen molar-refractivity contribution in [1.82, 2.24) is 15.0 Å². The average molecular weight is 344 g/mol. The molecule has 0 fully saturated rings. The fourth-order valence-corrected chi connectivity index (χ4v) is 2.87. The minimum absolute atomic E-state index is 0.264. The molecule has 4 nitrogen and oxygen atoms in total. The molecule has 0 saturated heterocycles. The summed E-state index contributed by atoms with van der Waals surface area (Å²) >= 11 is 0. The Balaban J connectivity index is 1.84. The highest BCUT2D eigenvalue weighted by Gasteiger charge is 2.10. The average Bonchev–Trinajstić information content (AvgIpc) is 2.68. The van der Waals surface area contributed by atoms with E-state index in [0.717, 1.165) is 28.5 Å². The molecule has 0 aliphatic carbocycles. The zero-order valence-electron chi connectivity index (χ0n) is 14.3.